The fourth-order valence-corrected chi connectivity index (χ4v) is 2.64. The molecule has 0 atom stereocenters. The predicted octanol–water partition coefficient (Wildman–Crippen LogP) is 5.39. The Balaban J connectivity index is 1.90. The van der Waals surface area contributed by atoms with Crippen molar-refractivity contribution in [3.8, 4) is 5.75 Å². The highest BCUT2D eigenvalue weighted by Gasteiger charge is 2.11. The van der Waals surface area contributed by atoms with Crippen LogP contribution in [-0.4, -0.2) is 24.1 Å². The fourth-order valence-electron chi connectivity index (χ4n) is 2.64. The van der Waals surface area contributed by atoms with Crippen LogP contribution in [0.1, 0.15) is 5.56 Å². The van der Waals surface area contributed by atoms with Crippen molar-refractivity contribution >= 4 is 28.4 Å². The maximum Gasteiger partial charge on any atom is 0.271 e. The molecule has 3 aromatic carbocycles. The summed E-state index contributed by atoms with van der Waals surface area (Å²) in [7, 11) is 3.89. The van der Waals surface area contributed by atoms with Crippen LogP contribution < -0.4 is 10.2 Å². The van der Waals surface area contributed by atoms with Crippen molar-refractivity contribution in [1.82, 2.24) is 0 Å². The van der Waals surface area contributed by atoms with Crippen LogP contribution in [0.25, 0.3) is 0 Å². The number of nitrogens with one attached hydrogen (secondary N) is 1. The summed E-state index contributed by atoms with van der Waals surface area (Å²) in [6.45, 7) is 0.600. The molecule has 0 spiro atoms. The van der Waals surface area contributed by atoms with Crippen molar-refractivity contribution in [2.45, 2.75) is 6.54 Å². The van der Waals surface area contributed by atoms with Crippen LogP contribution in [0.3, 0.4) is 0 Å². The van der Waals surface area contributed by atoms with Gasteiger partial charge in [-0.15, -0.1) is 10.2 Å². The van der Waals surface area contributed by atoms with Crippen LogP contribution in [0.2, 0.25) is 0 Å². The van der Waals surface area contributed by atoms with Gasteiger partial charge in [0, 0.05) is 38.5 Å². The maximum absolute atomic E-state index is 11.0. The van der Waals surface area contributed by atoms with Gasteiger partial charge in [0.1, 0.15) is 17.1 Å². The van der Waals surface area contributed by atoms with Gasteiger partial charge in [-0.2, -0.15) is 0 Å². The third-order valence-electron chi connectivity index (χ3n) is 4.26. The van der Waals surface area contributed by atoms with Gasteiger partial charge in [0.05, 0.1) is 10.6 Å². The van der Waals surface area contributed by atoms with Crippen LogP contribution in [0.5, 0.6) is 5.75 Å². The highest BCUT2D eigenvalue weighted by molar-refractivity contribution is 5.71. The summed E-state index contributed by atoms with van der Waals surface area (Å²) >= 11 is 0. The summed E-state index contributed by atoms with van der Waals surface area (Å²) in [5.41, 5.74) is 3.28. The van der Waals surface area contributed by atoms with E-state index in [4.69, 9.17) is 0 Å². The van der Waals surface area contributed by atoms with Crippen LogP contribution in [-0.2, 0) is 6.54 Å². The van der Waals surface area contributed by atoms with Gasteiger partial charge < -0.3 is 15.3 Å². The smallest absolute Gasteiger partial charge is 0.271 e. The number of non-ortho nitro benzene ring substituents is 1. The number of nitro benzene ring substituents is 1. The molecular weight excluding hydrogens is 370 g/mol. The number of phenols is 1. The molecule has 0 heterocycles. The molecule has 0 saturated heterocycles. The first-order valence-corrected chi connectivity index (χ1v) is 8.92. The molecule has 0 unspecified atom stereocenters. The lowest BCUT2D eigenvalue weighted by Crippen LogP contribution is -2.09. The molecule has 0 aliphatic rings. The molecule has 3 aromatic rings. The zero-order valence-electron chi connectivity index (χ0n) is 16.1. The van der Waals surface area contributed by atoms with E-state index in [0.29, 0.717) is 12.2 Å². The average molecular weight is 391 g/mol. The van der Waals surface area contributed by atoms with Gasteiger partial charge in [0.25, 0.3) is 5.69 Å². The molecule has 0 bridgehead atoms. The van der Waals surface area contributed by atoms with Crippen molar-refractivity contribution in [3.63, 3.8) is 0 Å². The van der Waals surface area contributed by atoms with Gasteiger partial charge >= 0.3 is 0 Å². The van der Waals surface area contributed by atoms with Crippen LogP contribution >= 0.6 is 0 Å². The van der Waals surface area contributed by atoms with E-state index >= 15 is 0 Å². The summed E-state index contributed by atoms with van der Waals surface area (Å²) in [5, 5.41) is 32.5. The highest BCUT2D eigenvalue weighted by atomic mass is 16.6. The molecule has 0 radical (unpaired) electrons. The van der Waals surface area contributed by atoms with Crippen LogP contribution in [0.4, 0.5) is 28.4 Å². The third kappa shape index (κ3) is 5.07. The van der Waals surface area contributed by atoms with E-state index in [0.717, 1.165) is 16.9 Å². The van der Waals surface area contributed by atoms with Crippen molar-refractivity contribution in [2.75, 3.05) is 24.3 Å². The Labute approximate surface area is 168 Å². The minimum absolute atomic E-state index is 0.0323. The van der Waals surface area contributed by atoms with E-state index in [9.17, 15) is 15.2 Å². The number of rotatable bonds is 7. The van der Waals surface area contributed by atoms with Gasteiger partial charge in [-0.25, -0.2) is 0 Å². The minimum Gasteiger partial charge on any atom is -0.506 e. The zero-order chi connectivity index (χ0) is 20.8. The molecule has 0 amide bonds. The van der Waals surface area contributed by atoms with Crippen molar-refractivity contribution in [3.05, 3.63) is 82.4 Å². The second-order valence-corrected chi connectivity index (χ2v) is 6.57. The SMILES string of the molecule is CN(C)c1ccc(N=Nc2cc([N+](=O)[O-])ccc2O)c(NCc2ccccc2)c1. The van der Waals surface area contributed by atoms with Gasteiger partial charge in [-0.3, -0.25) is 10.1 Å². The molecule has 0 saturated carbocycles. The molecule has 8 heteroatoms. The van der Waals surface area contributed by atoms with E-state index in [-0.39, 0.29) is 17.1 Å². The molecule has 0 aliphatic carbocycles. The topological polar surface area (TPSA) is 103 Å². The van der Waals surface area contributed by atoms with E-state index in [1.54, 1.807) is 6.07 Å². The summed E-state index contributed by atoms with van der Waals surface area (Å²) in [6, 6.07) is 19.2. The number of hydrogen-bond acceptors (Lipinski definition) is 7. The highest BCUT2D eigenvalue weighted by Crippen LogP contribution is 2.35. The molecule has 0 aliphatic heterocycles. The quantitative estimate of drug-likeness (QED) is 0.319. The number of nitrogens with zero attached hydrogens (tertiary/aromatic N) is 4. The number of nitro groups is 1. The molecule has 3 rings (SSSR count). The second kappa shape index (κ2) is 8.83. The molecule has 8 nitrogen and oxygen atoms in total. The molecule has 148 valence electrons. The maximum atomic E-state index is 11.0. The summed E-state index contributed by atoms with van der Waals surface area (Å²) in [4.78, 5) is 12.4. The van der Waals surface area contributed by atoms with Gasteiger partial charge in [0.15, 0.2) is 0 Å². The zero-order valence-corrected chi connectivity index (χ0v) is 16.1. The average Bonchev–Trinajstić information content (AvgIpc) is 2.72. The number of hydrogen-bond donors (Lipinski definition) is 2. The Morgan fingerprint density at radius 2 is 1.72 bits per heavy atom. The van der Waals surface area contributed by atoms with E-state index < -0.39 is 4.92 Å². The van der Waals surface area contributed by atoms with E-state index in [1.807, 2.05) is 61.5 Å². The lowest BCUT2D eigenvalue weighted by Gasteiger charge is -2.16. The minimum atomic E-state index is -0.544. The van der Waals surface area contributed by atoms with Gasteiger partial charge in [-0.05, 0) is 29.8 Å². The Bertz CT molecular complexity index is 1040. The molecule has 0 fully saturated rings. The number of phenolic OH excluding ortho intramolecular Hbond substituents is 1. The molecule has 29 heavy (non-hydrogen) atoms. The van der Waals surface area contributed by atoms with Crippen molar-refractivity contribution in [1.29, 1.82) is 0 Å². The summed E-state index contributed by atoms with van der Waals surface area (Å²) in [5.74, 6) is -0.178. The van der Waals surface area contributed by atoms with Crippen molar-refractivity contribution < 1.29 is 10.0 Å². The number of aromatic hydroxyl groups is 1. The van der Waals surface area contributed by atoms with E-state index in [1.165, 1.54) is 18.2 Å². The Morgan fingerprint density at radius 1 is 1.00 bits per heavy atom. The Kier molecular flexibility index (Phi) is 6.03. The summed E-state index contributed by atoms with van der Waals surface area (Å²) < 4.78 is 0. The van der Waals surface area contributed by atoms with Crippen LogP contribution in [0, 0.1) is 10.1 Å². The number of anilines is 2. The van der Waals surface area contributed by atoms with E-state index in [2.05, 4.69) is 15.5 Å². The second-order valence-electron chi connectivity index (χ2n) is 6.57. The van der Waals surface area contributed by atoms with Crippen molar-refractivity contribution in [2.24, 2.45) is 10.2 Å². The number of benzene rings is 3. The van der Waals surface area contributed by atoms with Gasteiger partial charge in [0.2, 0.25) is 0 Å². The first-order chi connectivity index (χ1) is 13.9. The van der Waals surface area contributed by atoms with Crippen LogP contribution in [0.15, 0.2) is 77.0 Å². The first-order valence-electron chi connectivity index (χ1n) is 8.92. The number of azo groups is 1. The standard InChI is InChI=1S/C21H21N5O3/c1-25(2)16-8-10-18(19(12-16)22-14-15-6-4-3-5-7-15)23-24-20-13-17(26(28)29)9-11-21(20)27/h3-13,22,27H,14H2,1-2H3. The molecule has 0 aromatic heterocycles. The molecule has 2 N–H and O–H groups in total. The normalized spacial score (nSPS) is 10.8. The lowest BCUT2D eigenvalue weighted by molar-refractivity contribution is -0.384. The fraction of sp³-hybridized carbons (Fsp3) is 0.143. The largest absolute Gasteiger partial charge is 0.506 e. The Hall–Kier alpha value is -3.94. The molecular formula is C21H21N5O3. The third-order valence-corrected chi connectivity index (χ3v) is 4.26. The first kappa shape index (κ1) is 19.8. The summed E-state index contributed by atoms with van der Waals surface area (Å²) in [6.07, 6.45) is 0. The lowest BCUT2D eigenvalue weighted by atomic mass is 10.2. The monoisotopic (exact) mass is 391 g/mol. The predicted molar refractivity (Wildman–Crippen MR) is 113 cm³/mol. The Morgan fingerprint density at radius 3 is 2.41 bits per heavy atom. The van der Waals surface area contributed by atoms with Gasteiger partial charge in [-0.1, -0.05) is 30.3 Å².